The third-order valence-electron chi connectivity index (χ3n) is 2.52. The third kappa shape index (κ3) is 3.23. The summed E-state index contributed by atoms with van der Waals surface area (Å²) in [5.41, 5.74) is 1.12. The average Bonchev–Trinajstić information content (AvgIpc) is 2.28. The summed E-state index contributed by atoms with van der Waals surface area (Å²) >= 11 is 3.43. The largest absolute Gasteiger partial charge is 0.496 e. The Labute approximate surface area is 104 Å². The van der Waals surface area contributed by atoms with Crippen LogP contribution in [0.3, 0.4) is 0 Å². The number of nitrogens with one attached hydrogen (secondary N) is 1. The molecule has 1 amide bonds. The van der Waals surface area contributed by atoms with Gasteiger partial charge in [-0.2, -0.15) is 0 Å². The maximum Gasteiger partial charge on any atom is 0.220 e. The first-order valence-corrected chi connectivity index (χ1v) is 5.91. The van der Waals surface area contributed by atoms with Gasteiger partial charge < -0.3 is 10.1 Å². The lowest BCUT2D eigenvalue weighted by Gasteiger charge is -2.12. The molecule has 0 aliphatic heterocycles. The molecule has 0 aliphatic rings. The van der Waals surface area contributed by atoms with Crippen LogP contribution >= 0.6 is 15.9 Å². The highest BCUT2D eigenvalue weighted by atomic mass is 79.9. The molecule has 0 saturated heterocycles. The number of ether oxygens (including phenoxy) is 1. The average molecular weight is 286 g/mol. The number of benzene rings is 1. The Hall–Kier alpha value is -1.03. The fourth-order valence-electron chi connectivity index (χ4n) is 1.49. The summed E-state index contributed by atoms with van der Waals surface area (Å²) in [7, 11) is 3.28. The van der Waals surface area contributed by atoms with Gasteiger partial charge in [-0.3, -0.25) is 4.79 Å². The van der Waals surface area contributed by atoms with E-state index in [0.717, 1.165) is 15.8 Å². The van der Waals surface area contributed by atoms with E-state index in [9.17, 15) is 4.79 Å². The molecular formula is C12H16BrNO2. The van der Waals surface area contributed by atoms with E-state index < -0.39 is 0 Å². The van der Waals surface area contributed by atoms with Crippen molar-refractivity contribution >= 4 is 21.8 Å². The van der Waals surface area contributed by atoms with Crippen LogP contribution in [0.25, 0.3) is 0 Å². The second-order valence-electron chi connectivity index (χ2n) is 3.67. The molecule has 1 N–H and O–H groups in total. The molecule has 0 bridgehead atoms. The lowest BCUT2D eigenvalue weighted by atomic mass is 9.97. The van der Waals surface area contributed by atoms with Crippen LogP contribution < -0.4 is 10.1 Å². The summed E-state index contributed by atoms with van der Waals surface area (Å²) < 4.78 is 6.07. The van der Waals surface area contributed by atoms with Crippen molar-refractivity contribution in [1.82, 2.24) is 5.32 Å². The Kier molecular flexibility index (Phi) is 4.80. The van der Waals surface area contributed by atoms with E-state index in [1.54, 1.807) is 14.2 Å². The summed E-state index contributed by atoms with van der Waals surface area (Å²) in [6.45, 7) is 2.03. The molecule has 0 heterocycles. The van der Waals surface area contributed by atoms with Gasteiger partial charge in [0.2, 0.25) is 5.91 Å². The molecule has 0 aliphatic carbocycles. The minimum atomic E-state index is 0.0550. The maximum atomic E-state index is 11.3. The van der Waals surface area contributed by atoms with E-state index >= 15 is 0 Å². The number of carbonyl (C=O) groups is 1. The molecule has 1 unspecified atom stereocenters. The predicted octanol–water partition coefficient (Wildman–Crippen LogP) is 2.70. The van der Waals surface area contributed by atoms with Crippen molar-refractivity contribution in [1.29, 1.82) is 0 Å². The zero-order chi connectivity index (χ0) is 12.1. The van der Waals surface area contributed by atoms with Gasteiger partial charge in [-0.1, -0.05) is 13.0 Å². The molecule has 16 heavy (non-hydrogen) atoms. The van der Waals surface area contributed by atoms with Gasteiger partial charge in [0.15, 0.2) is 0 Å². The third-order valence-corrected chi connectivity index (χ3v) is 3.14. The summed E-state index contributed by atoms with van der Waals surface area (Å²) in [6, 6.07) is 5.88. The van der Waals surface area contributed by atoms with Crippen LogP contribution in [0.4, 0.5) is 0 Å². The second-order valence-corrected chi connectivity index (χ2v) is 4.53. The number of rotatable bonds is 4. The standard InChI is InChI=1S/C12H16BrNO2/c1-8(6-12(15)14-2)9-4-5-11(16-3)10(13)7-9/h4-5,7-8H,6H2,1-3H3,(H,14,15). The molecule has 4 heteroatoms. The Balaban J connectivity index is 2.80. The Morgan fingerprint density at radius 1 is 1.56 bits per heavy atom. The van der Waals surface area contributed by atoms with E-state index in [4.69, 9.17) is 4.74 Å². The number of hydrogen-bond donors (Lipinski definition) is 1. The summed E-state index contributed by atoms with van der Waals surface area (Å²) in [5, 5.41) is 2.63. The molecule has 1 aromatic carbocycles. The Morgan fingerprint density at radius 3 is 2.75 bits per heavy atom. The van der Waals surface area contributed by atoms with Crippen molar-refractivity contribution in [2.75, 3.05) is 14.2 Å². The van der Waals surface area contributed by atoms with Crippen molar-refractivity contribution in [3.8, 4) is 5.75 Å². The topological polar surface area (TPSA) is 38.3 Å². The molecule has 1 aromatic rings. The van der Waals surface area contributed by atoms with E-state index in [1.165, 1.54) is 0 Å². The number of amides is 1. The molecule has 1 rings (SSSR count). The maximum absolute atomic E-state index is 11.3. The Bertz CT molecular complexity index is 379. The molecular weight excluding hydrogens is 270 g/mol. The predicted molar refractivity (Wildman–Crippen MR) is 67.8 cm³/mol. The molecule has 0 radical (unpaired) electrons. The van der Waals surface area contributed by atoms with Gasteiger partial charge >= 0.3 is 0 Å². The lowest BCUT2D eigenvalue weighted by molar-refractivity contribution is -0.120. The van der Waals surface area contributed by atoms with Crippen LogP contribution in [0.15, 0.2) is 22.7 Å². The molecule has 88 valence electrons. The van der Waals surface area contributed by atoms with Crippen LogP contribution in [0.5, 0.6) is 5.75 Å². The van der Waals surface area contributed by atoms with Crippen molar-refractivity contribution in [2.45, 2.75) is 19.3 Å². The highest BCUT2D eigenvalue weighted by molar-refractivity contribution is 9.10. The van der Waals surface area contributed by atoms with Crippen molar-refractivity contribution < 1.29 is 9.53 Å². The van der Waals surface area contributed by atoms with Gasteiger partial charge in [0.25, 0.3) is 0 Å². The van der Waals surface area contributed by atoms with Gasteiger partial charge in [-0.25, -0.2) is 0 Å². The minimum absolute atomic E-state index is 0.0550. The Morgan fingerprint density at radius 2 is 2.25 bits per heavy atom. The lowest BCUT2D eigenvalue weighted by Crippen LogP contribution is -2.19. The van der Waals surface area contributed by atoms with Gasteiger partial charge in [0.1, 0.15) is 5.75 Å². The SMILES string of the molecule is CNC(=O)CC(C)c1ccc(OC)c(Br)c1. The van der Waals surface area contributed by atoms with Gasteiger partial charge in [0.05, 0.1) is 11.6 Å². The smallest absolute Gasteiger partial charge is 0.220 e. The fraction of sp³-hybridized carbons (Fsp3) is 0.417. The van der Waals surface area contributed by atoms with Crippen molar-refractivity contribution in [2.24, 2.45) is 0 Å². The quantitative estimate of drug-likeness (QED) is 0.924. The molecule has 0 spiro atoms. The fourth-order valence-corrected chi connectivity index (χ4v) is 2.05. The number of hydrogen-bond acceptors (Lipinski definition) is 2. The molecule has 0 saturated carbocycles. The van der Waals surface area contributed by atoms with E-state index in [1.807, 2.05) is 25.1 Å². The summed E-state index contributed by atoms with van der Waals surface area (Å²) in [4.78, 5) is 11.3. The molecule has 0 aromatic heterocycles. The van der Waals surface area contributed by atoms with Gasteiger partial charge in [-0.15, -0.1) is 0 Å². The first-order chi connectivity index (χ1) is 7.58. The normalized spacial score (nSPS) is 12.0. The summed E-state index contributed by atoms with van der Waals surface area (Å²) in [6.07, 6.45) is 0.495. The van der Waals surface area contributed by atoms with E-state index in [-0.39, 0.29) is 11.8 Å². The van der Waals surface area contributed by atoms with Crippen LogP contribution in [-0.4, -0.2) is 20.1 Å². The van der Waals surface area contributed by atoms with Crippen molar-refractivity contribution in [3.05, 3.63) is 28.2 Å². The highest BCUT2D eigenvalue weighted by Gasteiger charge is 2.11. The number of methoxy groups -OCH3 is 1. The molecule has 1 atom stereocenters. The van der Waals surface area contributed by atoms with Crippen LogP contribution in [0.1, 0.15) is 24.8 Å². The van der Waals surface area contributed by atoms with E-state index in [0.29, 0.717) is 6.42 Å². The van der Waals surface area contributed by atoms with Crippen molar-refractivity contribution in [3.63, 3.8) is 0 Å². The van der Waals surface area contributed by atoms with Crippen LogP contribution in [0.2, 0.25) is 0 Å². The first-order valence-electron chi connectivity index (χ1n) is 5.12. The first kappa shape index (κ1) is 13.0. The van der Waals surface area contributed by atoms with Crippen LogP contribution in [-0.2, 0) is 4.79 Å². The second kappa shape index (κ2) is 5.89. The van der Waals surface area contributed by atoms with Crippen LogP contribution in [0, 0.1) is 0 Å². The zero-order valence-electron chi connectivity index (χ0n) is 9.71. The van der Waals surface area contributed by atoms with E-state index in [2.05, 4.69) is 21.2 Å². The molecule has 3 nitrogen and oxygen atoms in total. The zero-order valence-corrected chi connectivity index (χ0v) is 11.3. The summed E-state index contributed by atoms with van der Waals surface area (Å²) in [5.74, 6) is 1.05. The van der Waals surface area contributed by atoms with Gasteiger partial charge in [0, 0.05) is 13.5 Å². The monoisotopic (exact) mass is 285 g/mol. The molecule has 0 fully saturated rings. The van der Waals surface area contributed by atoms with Gasteiger partial charge in [-0.05, 0) is 39.5 Å². The highest BCUT2D eigenvalue weighted by Crippen LogP contribution is 2.29. The number of carbonyl (C=O) groups excluding carboxylic acids is 1. The number of halogens is 1. The minimum Gasteiger partial charge on any atom is -0.496 e.